The molecule has 0 amide bonds. The first-order chi connectivity index (χ1) is 7.81. The molecule has 1 heterocycles. The number of esters is 1. The largest absolute Gasteiger partial charge is 0.469 e. The molecule has 0 saturated carbocycles. The summed E-state index contributed by atoms with van der Waals surface area (Å²) in [6.07, 6.45) is 1.96. The Morgan fingerprint density at radius 1 is 1.47 bits per heavy atom. The van der Waals surface area contributed by atoms with Crippen molar-refractivity contribution in [1.29, 1.82) is 0 Å². The molecule has 1 aliphatic rings. The van der Waals surface area contributed by atoms with Crippen LogP contribution in [0.4, 0.5) is 0 Å². The number of ether oxygens (including phenoxy) is 2. The Balaban J connectivity index is 2.83. The molecule has 17 heavy (non-hydrogen) atoms. The molecule has 1 rings (SSSR count). The summed E-state index contributed by atoms with van der Waals surface area (Å²) in [7, 11) is 1.46. The fourth-order valence-corrected chi connectivity index (χ4v) is 2.41. The summed E-state index contributed by atoms with van der Waals surface area (Å²) in [5.41, 5.74) is 0.0779. The zero-order valence-corrected chi connectivity index (χ0v) is 11.9. The van der Waals surface area contributed by atoms with Gasteiger partial charge in [0.15, 0.2) is 0 Å². The predicted molar refractivity (Wildman–Crippen MR) is 67.7 cm³/mol. The van der Waals surface area contributed by atoms with E-state index >= 15 is 0 Å². The normalized spacial score (nSPS) is 31.3. The molecule has 100 valence electrons. The van der Waals surface area contributed by atoms with Crippen molar-refractivity contribution in [3.8, 4) is 0 Å². The Bertz CT molecular complexity index is 267. The molecule has 0 aromatic carbocycles. The SMILES string of the molecule is CCC(C)C1OC(C(C)(C)C)CC1C(=O)OC. The summed E-state index contributed by atoms with van der Waals surface area (Å²) < 4.78 is 11.0. The van der Waals surface area contributed by atoms with Crippen LogP contribution in [-0.4, -0.2) is 25.3 Å². The molecular weight excluding hydrogens is 216 g/mol. The first-order valence-corrected chi connectivity index (χ1v) is 6.54. The van der Waals surface area contributed by atoms with E-state index in [-0.39, 0.29) is 29.5 Å². The number of carbonyl (C=O) groups is 1. The van der Waals surface area contributed by atoms with Gasteiger partial charge in [0.25, 0.3) is 0 Å². The molecule has 0 N–H and O–H groups in total. The van der Waals surface area contributed by atoms with Crippen molar-refractivity contribution in [2.24, 2.45) is 17.3 Å². The second-order valence-corrected chi connectivity index (χ2v) is 6.21. The van der Waals surface area contributed by atoms with Crippen molar-refractivity contribution >= 4 is 5.97 Å². The lowest BCUT2D eigenvalue weighted by Gasteiger charge is -2.28. The molecule has 1 fully saturated rings. The zero-order valence-electron chi connectivity index (χ0n) is 11.9. The van der Waals surface area contributed by atoms with Gasteiger partial charge in [-0.15, -0.1) is 0 Å². The van der Waals surface area contributed by atoms with Gasteiger partial charge in [0.1, 0.15) is 0 Å². The monoisotopic (exact) mass is 242 g/mol. The Labute approximate surface area is 105 Å². The number of rotatable bonds is 3. The van der Waals surface area contributed by atoms with Crippen LogP contribution in [0.5, 0.6) is 0 Å². The van der Waals surface area contributed by atoms with Crippen molar-refractivity contribution < 1.29 is 14.3 Å². The molecule has 0 bridgehead atoms. The fourth-order valence-electron chi connectivity index (χ4n) is 2.41. The number of carbonyl (C=O) groups excluding carboxylic acids is 1. The minimum Gasteiger partial charge on any atom is -0.469 e. The maximum Gasteiger partial charge on any atom is 0.311 e. The molecule has 0 spiro atoms. The average Bonchev–Trinajstić information content (AvgIpc) is 2.71. The molecular formula is C14H26O3. The van der Waals surface area contributed by atoms with Crippen LogP contribution >= 0.6 is 0 Å². The third-order valence-corrected chi connectivity index (χ3v) is 3.86. The summed E-state index contributed by atoms with van der Waals surface area (Å²) in [5, 5.41) is 0. The van der Waals surface area contributed by atoms with Gasteiger partial charge in [-0.3, -0.25) is 4.79 Å². The van der Waals surface area contributed by atoms with Crippen molar-refractivity contribution in [3.05, 3.63) is 0 Å². The average molecular weight is 242 g/mol. The van der Waals surface area contributed by atoms with Crippen LogP contribution in [-0.2, 0) is 14.3 Å². The fraction of sp³-hybridized carbons (Fsp3) is 0.929. The van der Waals surface area contributed by atoms with Gasteiger partial charge in [-0.1, -0.05) is 41.0 Å². The first-order valence-electron chi connectivity index (χ1n) is 6.54. The summed E-state index contributed by atoms with van der Waals surface area (Å²) in [6.45, 7) is 10.7. The topological polar surface area (TPSA) is 35.5 Å². The van der Waals surface area contributed by atoms with Crippen molar-refractivity contribution in [1.82, 2.24) is 0 Å². The van der Waals surface area contributed by atoms with Crippen molar-refractivity contribution in [3.63, 3.8) is 0 Å². The Kier molecular flexibility index (Phi) is 4.59. The first kappa shape index (κ1) is 14.5. The van der Waals surface area contributed by atoms with E-state index in [1.165, 1.54) is 7.11 Å². The molecule has 0 radical (unpaired) electrons. The quantitative estimate of drug-likeness (QED) is 0.714. The van der Waals surface area contributed by atoms with Gasteiger partial charge in [0.05, 0.1) is 25.2 Å². The molecule has 1 aliphatic heterocycles. The Morgan fingerprint density at radius 2 is 2.06 bits per heavy atom. The van der Waals surface area contributed by atoms with Crippen LogP contribution in [0.25, 0.3) is 0 Å². The lowest BCUT2D eigenvalue weighted by molar-refractivity contribution is -0.148. The van der Waals surface area contributed by atoms with Crippen molar-refractivity contribution in [2.75, 3.05) is 7.11 Å². The van der Waals surface area contributed by atoms with Crippen LogP contribution in [0, 0.1) is 17.3 Å². The Morgan fingerprint density at radius 3 is 2.47 bits per heavy atom. The Hall–Kier alpha value is -0.570. The van der Waals surface area contributed by atoms with Gasteiger partial charge in [-0.05, 0) is 17.8 Å². The molecule has 3 heteroatoms. The van der Waals surface area contributed by atoms with Crippen molar-refractivity contribution in [2.45, 2.75) is 59.7 Å². The van der Waals surface area contributed by atoms with E-state index in [4.69, 9.17) is 9.47 Å². The summed E-state index contributed by atoms with van der Waals surface area (Å²) >= 11 is 0. The third kappa shape index (κ3) is 3.21. The van der Waals surface area contributed by atoms with Gasteiger partial charge < -0.3 is 9.47 Å². The van der Waals surface area contributed by atoms with Gasteiger partial charge in [-0.25, -0.2) is 0 Å². The maximum absolute atomic E-state index is 11.8. The second-order valence-electron chi connectivity index (χ2n) is 6.21. The molecule has 0 aromatic heterocycles. The highest BCUT2D eigenvalue weighted by Crippen LogP contribution is 2.40. The minimum atomic E-state index is -0.123. The molecule has 1 saturated heterocycles. The van der Waals surface area contributed by atoms with Gasteiger partial charge in [0.2, 0.25) is 0 Å². The number of hydrogen-bond acceptors (Lipinski definition) is 3. The molecule has 0 aliphatic carbocycles. The maximum atomic E-state index is 11.8. The van der Waals surface area contributed by atoms with E-state index in [0.29, 0.717) is 5.92 Å². The summed E-state index contributed by atoms with van der Waals surface area (Å²) in [5.74, 6) is 0.174. The van der Waals surface area contributed by atoms with Crippen LogP contribution in [0.3, 0.4) is 0 Å². The molecule has 3 nitrogen and oxygen atoms in total. The molecule has 0 aromatic rings. The minimum absolute atomic E-state index is 0.0108. The van der Waals surface area contributed by atoms with Gasteiger partial charge in [-0.2, -0.15) is 0 Å². The lowest BCUT2D eigenvalue weighted by Crippen LogP contribution is -2.31. The zero-order chi connectivity index (χ0) is 13.2. The predicted octanol–water partition coefficient (Wildman–Crippen LogP) is 3.03. The molecule has 4 atom stereocenters. The van der Waals surface area contributed by atoms with Crippen LogP contribution in [0.15, 0.2) is 0 Å². The van der Waals surface area contributed by atoms with E-state index in [0.717, 1.165) is 12.8 Å². The standard InChI is InChI=1S/C14H26O3/c1-7-9(2)12-10(13(15)16-6)8-11(17-12)14(3,4)5/h9-12H,7-8H2,1-6H3. The highest BCUT2D eigenvalue weighted by Gasteiger charge is 2.46. The van der Waals surface area contributed by atoms with E-state index in [1.54, 1.807) is 0 Å². The number of hydrogen-bond donors (Lipinski definition) is 0. The van der Waals surface area contributed by atoms with Crippen LogP contribution < -0.4 is 0 Å². The van der Waals surface area contributed by atoms with Gasteiger partial charge >= 0.3 is 5.97 Å². The lowest BCUT2D eigenvalue weighted by atomic mass is 9.83. The highest BCUT2D eigenvalue weighted by atomic mass is 16.5. The smallest absolute Gasteiger partial charge is 0.311 e. The third-order valence-electron chi connectivity index (χ3n) is 3.86. The number of methoxy groups -OCH3 is 1. The van der Waals surface area contributed by atoms with E-state index in [1.807, 2.05) is 0 Å². The summed E-state index contributed by atoms with van der Waals surface area (Å²) in [4.78, 5) is 11.8. The van der Waals surface area contributed by atoms with Crippen LogP contribution in [0.2, 0.25) is 0 Å². The second kappa shape index (κ2) is 5.38. The molecule has 4 unspecified atom stereocenters. The summed E-state index contributed by atoms with van der Waals surface area (Å²) in [6, 6.07) is 0. The van der Waals surface area contributed by atoms with Crippen LogP contribution in [0.1, 0.15) is 47.5 Å². The van der Waals surface area contributed by atoms with E-state index in [9.17, 15) is 4.79 Å². The van der Waals surface area contributed by atoms with E-state index in [2.05, 4.69) is 34.6 Å². The van der Waals surface area contributed by atoms with E-state index < -0.39 is 0 Å². The van der Waals surface area contributed by atoms with Gasteiger partial charge in [0, 0.05) is 0 Å². The highest BCUT2D eigenvalue weighted by molar-refractivity contribution is 5.73.